The molecule has 1 aromatic carbocycles. The molecule has 1 rings (SSSR count). The van der Waals surface area contributed by atoms with Crippen LogP contribution in [0.3, 0.4) is 0 Å². The van der Waals surface area contributed by atoms with E-state index in [0.717, 1.165) is 12.6 Å². The Bertz CT molecular complexity index is 344. The third kappa shape index (κ3) is 6.42. The van der Waals surface area contributed by atoms with Gasteiger partial charge in [0.25, 0.3) is 0 Å². The quantitative estimate of drug-likeness (QED) is 0.841. The predicted molar refractivity (Wildman–Crippen MR) is 71.3 cm³/mol. The average Bonchev–Trinajstić information content (AvgIpc) is 2.17. The lowest BCUT2D eigenvalue weighted by atomic mass is 10.0. The second-order valence-corrected chi connectivity index (χ2v) is 3.86. The molecular weight excluding hydrogens is 279 g/mol. The summed E-state index contributed by atoms with van der Waals surface area (Å²) in [6.07, 6.45) is -3.64. The lowest BCUT2D eigenvalue weighted by molar-refractivity contribution is -0.137. The molecule has 6 heteroatoms. The Kier molecular flexibility index (Phi) is 9.42. The molecule has 0 aromatic heterocycles. The summed E-state index contributed by atoms with van der Waals surface area (Å²) in [7, 11) is 0. The van der Waals surface area contributed by atoms with E-state index in [1.807, 2.05) is 13.8 Å². The summed E-state index contributed by atoms with van der Waals surface area (Å²) < 4.78 is 37.3. The fraction of sp³-hybridized carbons (Fsp3) is 0.500. The van der Waals surface area contributed by atoms with Gasteiger partial charge < -0.3 is 5.32 Å². The molecule has 1 atom stereocenters. The first-order chi connectivity index (χ1) is 7.43. The van der Waals surface area contributed by atoms with Crippen molar-refractivity contribution < 1.29 is 13.2 Å². The second kappa shape index (κ2) is 8.56. The van der Waals surface area contributed by atoms with Crippen LogP contribution in [0, 0.1) is 0 Å². The molecule has 1 unspecified atom stereocenters. The molecular formula is C12H17ClF3NSi. The van der Waals surface area contributed by atoms with Crippen LogP contribution in [-0.2, 0) is 12.6 Å². The number of hydrogen-bond acceptors (Lipinski definition) is 1. The molecule has 0 saturated heterocycles. The summed E-state index contributed by atoms with van der Waals surface area (Å²) in [5, 5.41) is 3.17. The molecule has 0 amide bonds. The molecule has 0 aliphatic rings. The number of nitrogens with one attached hydrogen (secondary N) is 1. The molecule has 0 bridgehead atoms. The van der Waals surface area contributed by atoms with Crippen LogP contribution in [-0.4, -0.2) is 23.6 Å². The van der Waals surface area contributed by atoms with Crippen molar-refractivity contribution in [2.75, 3.05) is 6.54 Å². The summed E-state index contributed by atoms with van der Waals surface area (Å²) in [5.41, 5.74) is 0.136. The van der Waals surface area contributed by atoms with Gasteiger partial charge in [0.1, 0.15) is 0 Å². The number of alkyl halides is 3. The summed E-state index contributed by atoms with van der Waals surface area (Å²) in [4.78, 5) is 0. The molecule has 4 radical (unpaired) electrons. The van der Waals surface area contributed by atoms with Gasteiger partial charge in [0.2, 0.25) is 0 Å². The standard InChI is InChI=1S/C12H16F3N.ClH.Si/c1-3-16-9(2)7-10-5-4-6-11(8-10)12(13,14)15;;/h4-6,8-9,16H,3,7H2,1-2H3;1H;. The van der Waals surface area contributed by atoms with Gasteiger partial charge in [-0.3, -0.25) is 0 Å². The lowest BCUT2D eigenvalue weighted by Gasteiger charge is -2.13. The number of likely N-dealkylation sites (N-methyl/N-ethyl adjacent to an activating group) is 1. The fourth-order valence-corrected chi connectivity index (χ4v) is 1.65. The Morgan fingerprint density at radius 3 is 2.39 bits per heavy atom. The van der Waals surface area contributed by atoms with Crippen LogP contribution in [0.4, 0.5) is 13.2 Å². The zero-order valence-corrected chi connectivity index (χ0v) is 12.2. The Morgan fingerprint density at radius 2 is 1.89 bits per heavy atom. The van der Waals surface area contributed by atoms with Gasteiger partial charge in [-0.1, -0.05) is 25.1 Å². The topological polar surface area (TPSA) is 12.0 Å². The minimum absolute atomic E-state index is 0. The molecule has 0 heterocycles. The van der Waals surface area contributed by atoms with Gasteiger partial charge in [0.05, 0.1) is 5.56 Å². The maximum atomic E-state index is 12.4. The predicted octanol–water partition coefficient (Wildman–Crippen LogP) is 3.29. The van der Waals surface area contributed by atoms with E-state index in [1.165, 1.54) is 12.1 Å². The highest BCUT2D eigenvalue weighted by Gasteiger charge is 2.30. The average molecular weight is 296 g/mol. The second-order valence-electron chi connectivity index (χ2n) is 3.86. The van der Waals surface area contributed by atoms with E-state index in [0.29, 0.717) is 12.0 Å². The number of benzene rings is 1. The molecule has 1 nitrogen and oxygen atoms in total. The monoisotopic (exact) mass is 295 g/mol. The highest BCUT2D eigenvalue weighted by Crippen LogP contribution is 2.29. The first-order valence-electron chi connectivity index (χ1n) is 5.33. The van der Waals surface area contributed by atoms with Gasteiger partial charge >= 0.3 is 6.18 Å². The van der Waals surface area contributed by atoms with Crippen LogP contribution in [0.15, 0.2) is 24.3 Å². The van der Waals surface area contributed by atoms with Crippen molar-refractivity contribution in [2.24, 2.45) is 0 Å². The Labute approximate surface area is 117 Å². The lowest BCUT2D eigenvalue weighted by Crippen LogP contribution is -2.27. The van der Waals surface area contributed by atoms with E-state index >= 15 is 0 Å². The SMILES string of the molecule is CCNC(C)Cc1cccc(C(F)(F)F)c1.Cl.[Si]. The molecule has 1 aromatic rings. The van der Waals surface area contributed by atoms with Crippen molar-refractivity contribution in [3.05, 3.63) is 35.4 Å². The van der Waals surface area contributed by atoms with E-state index in [9.17, 15) is 13.2 Å². The van der Waals surface area contributed by atoms with Gasteiger partial charge in [-0.25, -0.2) is 0 Å². The van der Waals surface area contributed by atoms with Gasteiger partial charge in [0, 0.05) is 17.0 Å². The number of rotatable bonds is 4. The molecule has 0 fully saturated rings. The zero-order chi connectivity index (χ0) is 12.2. The first-order valence-corrected chi connectivity index (χ1v) is 5.33. The highest BCUT2D eigenvalue weighted by molar-refractivity contribution is 5.85. The number of halogens is 4. The van der Waals surface area contributed by atoms with E-state index in [1.54, 1.807) is 6.07 Å². The smallest absolute Gasteiger partial charge is 0.314 e. The van der Waals surface area contributed by atoms with E-state index < -0.39 is 11.7 Å². The van der Waals surface area contributed by atoms with Crippen LogP contribution in [0.1, 0.15) is 25.0 Å². The normalized spacial score (nSPS) is 12.3. The summed E-state index contributed by atoms with van der Waals surface area (Å²) in [6.45, 7) is 4.76. The minimum Gasteiger partial charge on any atom is -0.314 e. The van der Waals surface area contributed by atoms with Crippen LogP contribution in [0.2, 0.25) is 0 Å². The van der Waals surface area contributed by atoms with Crippen molar-refractivity contribution in [1.29, 1.82) is 0 Å². The molecule has 1 N–H and O–H groups in total. The molecule has 18 heavy (non-hydrogen) atoms. The van der Waals surface area contributed by atoms with E-state index in [4.69, 9.17) is 0 Å². The maximum Gasteiger partial charge on any atom is 0.416 e. The Morgan fingerprint density at radius 1 is 1.28 bits per heavy atom. The van der Waals surface area contributed by atoms with Gasteiger partial charge in [-0.15, -0.1) is 12.4 Å². The molecule has 0 spiro atoms. The summed E-state index contributed by atoms with van der Waals surface area (Å²) >= 11 is 0. The third-order valence-electron chi connectivity index (χ3n) is 2.35. The number of hydrogen-bond donors (Lipinski definition) is 1. The fourth-order valence-electron chi connectivity index (χ4n) is 1.65. The van der Waals surface area contributed by atoms with Crippen molar-refractivity contribution in [3.8, 4) is 0 Å². The van der Waals surface area contributed by atoms with Gasteiger partial charge in [-0.2, -0.15) is 13.2 Å². The largest absolute Gasteiger partial charge is 0.416 e. The summed E-state index contributed by atoms with van der Waals surface area (Å²) in [6, 6.07) is 5.68. The van der Waals surface area contributed by atoms with Crippen LogP contribution >= 0.6 is 12.4 Å². The van der Waals surface area contributed by atoms with Gasteiger partial charge in [-0.05, 0) is 31.5 Å². The Balaban J connectivity index is 0. The highest BCUT2D eigenvalue weighted by atomic mass is 35.5. The molecule has 0 saturated carbocycles. The Hall–Kier alpha value is -0.523. The van der Waals surface area contributed by atoms with Crippen LogP contribution in [0.25, 0.3) is 0 Å². The van der Waals surface area contributed by atoms with Crippen molar-refractivity contribution in [2.45, 2.75) is 32.5 Å². The van der Waals surface area contributed by atoms with Crippen molar-refractivity contribution in [1.82, 2.24) is 5.32 Å². The summed E-state index contributed by atoms with van der Waals surface area (Å²) in [5.74, 6) is 0. The molecule has 102 valence electrons. The molecule has 0 aliphatic carbocycles. The minimum atomic E-state index is -4.25. The van der Waals surface area contributed by atoms with Crippen molar-refractivity contribution in [3.63, 3.8) is 0 Å². The third-order valence-corrected chi connectivity index (χ3v) is 2.35. The van der Waals surface area contributed by atoms with Crippen LogP contribution < -0.4 is 5.32 Å². The van der Waals surface area contributed by atoms with Crippen molar-refractivity contribution >= 4 is 23.4 Å². The molecule has 0 aliphatic heterocycles. The van der Waals surface area contributed by atoms with Crippen LogP contribution in [0.5, 0.6) is 0 Å². The first kappa shape index (κ1) is 19.8. The van der Waals surface area contributed by atoms with E-state index in [2.05, 4.69) is 5.32 Å². The van der Waals surface area contributed by atoms with E-state index in [-0.39, 0.29) is 29.4 Å². The van der Waals surface area contributed by atoms with Gasteiger partial charge in [0.15, 0.2) is 0 Å². The zero-order valence-electron chi connectivity index (χ0n) is 10.3. The maximum absolute atomic E-state index is 12.4.